The van der Waals surface area contributed by atoms with Crippen molar-refractivity contribution >= 4 is 23.8 Å². The summed E-state index contributed by atoms with van der Waals surface area (Å²) in [5.74, 6) is -1.77. The molecule has 1 spiro atoms. The fraction of sp³-hybridized carbons (Fsp3) is 0.375. The molecule has 3 rings (SSSR count). The monoisotopic (exact) mass is 347 g/mol. The smallest absolute Gasteiger partial charge is 0.327 e. The number of hydrogen-bond acceptors (Lipinski definition) is 6. The number of benzene rings is 1. The van der Waals surface area contributed by atoms with Crippen LogP contribution in [0.4, 0.5) is 4.79 Å². The van der Waals surface area contributed by atoms with E-state index in [0.717, 1.165) is 4.90 Å². The normalized spacial score (nSPS) is 22.8. The second-order valence-corrected chi connectivity index (χ2v) is 5.86. The number of ether oxygens (including phenoxy) is 2. The number of nitrogens with zero attached hydrogens (tertiary/aromatic N) is 1. The van der Waals surface area contributed by atoms with E-state index >= 15 is 0 Å². The van der Waals surface area contributed by atoms with Gasteiger partial charge in [0.15, 0.2) is 11.6 Å². The number of esters is 1. The summed E-state index contributed by atoms with van der Waals surface area (Å²) in [6.07, 6.45) is -0.899. The summed E-state index contributed by atoms with van der Waals surface area (Å²) < 4.78 is 10.3. The summed E-state index contributed by atoms with van der Waals surface area (Å²) in [6.45, 7) is 0.954. The number of para-hydroxylation sites is 1. The summed E-state index contributed by atoms with van der Waals surface area (Å²) in [5, 5.41) is 2.66. The van der Waals surface area contributed by atoms with Crippen molar-refractivity contribution in [3.8, 4) is 5.75 Å². The molecule has 2 aliphatic heterocycles. The number of imide groups is 1. The molecule has 2 atom stereocenters. The van der Waals surface area contributed by atoms with Gasteiger partial charge in [0.05, 0.1) is 6.61 Å². The topological polar surface area (TPSA) is 128 Å². The molecular formula is C16H17N3O6. The molecule has 4 amide bonds. The van der Waals surface area contributed by atoms with E-state index in [4.69, 9.17) is 15.2 Å². The van der Waals surface area contributed by atoms with Gasteiger partial charge in [-0.05, 0) is 13.0 Å². The van der Waals surface area contributed by atoms with Gasteiger partial charge < -0.3 is 20.5 Å². The third-order valence-electron chi connectivity index (χ3n) is 4.25. The summed E-state index contributed by atoms with van der Waals surface area (Å²) in [4.78, 5) is 48.8. The molecule has 2 heterocycles. The average molecular weight is 347 g/mol. The van der Waals surface area contributed by atoms with E-state index in [9.17, 15) is 19.2 Å². The lowest BCUT2D eigenvalue weighted by Gasteiger charge is -2.33. The van der Waals surface area contributed by atoms with Crippen LogP contribution in [0.3, 0.4) is 0 Å². The molecule has 25 heavy (non-hydrogen) atoms. The van der Waals surface area contributed by atoms with Crippen LogP contribution in [0.1, 0.15) is 18.9 Å². The maximum Gasteiger partial charge on any atom is 0.327 e. The predicted octanol–water partition coefficient (Wildman–Crippen LogP) is -0.367. The zero-order chi connectivity index (χ0) is 18.2. The molecule has 3 N–H and O–H groups in total. The third-order valence-corrected chi connectivity index (χ3v) is 4.25. The van der Waals surface area contributed by atoms with Crippen molar-refractivity contribution in [1.82, 2.24) is 10.2 Å². The van der Waals surface area contributed by atoms with Crippen LogP contribution in [0, 0.1) is 0 Å². The molecule has 9 heteroatoms. The summed E-state index contributed by atoms with van der Waals surface area (Å²) in [6, 6.07) is 6.20. The number of nitrogens with one attached hydrogen (secondary N) is 1. The zero-order valence-electron chi connectivity index (χ0n) is 13.5. The Morgan fingerprint density at radius 2 is 2.12 bits per heavy atom. The van der Waals surface area contributed by atoms with Gasteiger partial charge in [-0.25, -0.2) is 4.79 Å². The van der Waals surface area contributed by atoms with Crippen molar-refractivity contribution in [3.63, 3.8) is 0 Å². The minimum atomic E-state index is -1.26. The van der Waals surface area contributed by atoms with E-state index in [1.54, 1.807) is 24.3 Å². The van der Waals surface area contributed by atoms with E-state index < -0.39 is 42.0 Å². The van der Waals surface area contributed by atoms with E-state index in [1.165, 1.54) is 6.92 Å². The number of carbonyl (C=O) groups excluding carboxylic acids is 4. The molecule has 2 aliphatic rings. The fourth-order valence-electron chi connectivity index (χ4n) is 2.94. The molecule has 132 valence electrons. The van der Waals surface area contributed by atoms with Crippen molar-refractivity contribution in [2.75, 3.05) is 13.2 Å². The van der Waals surface area contributed by atoms with Gasteiger partial charge in [0.1, 0.15) is 12.3 Å². The third kappa shape index (κ3) is 2.77. The number of primary amides is 1. The number of rotatable bonds is 4. The summed E-state index contributed by atoms with van der Waals surface area (Å²) >= 11 is 0. The van der Waals surface area contributed by atoms with Gasteiger partial charge >= 0.3 is 12.0 Å². The van der Waals surface area contributed by atoms with Gasteiger partial charge in [0.25, 0.3) is 11.8 Å². The van der Waals surface area contributed by atoms with Crippen molar-refractivity contribution in [2.45, 2.75) is 25.0 Å². The van der Waals surface area contributed by atoms with Gasteiger partial charge in [0, 0.05) is 12.0 Å². The number of hydrogen-bond donors (Lipinski definition) is 2. The molecule has 1 saturated heterocycles. The Morgan fingerprint density at radius 1 is 1.40 bits per heavy atom. The van der Waals surface area contributed by atoms with E-state index in [0.29, 0.717) is 11.3 Å². The second-order valence-electron chi connectivity index (χ2n) is 5.86. The molecule has 0 aromatic heterocycles. The Balaban J connectivity index is 1.82. The van der Waals surface area contributed by atoms with Crippen molar-refractivity contribution < 1.29 is 28.7 Å². The van der Waals surface area contributed by atoms with Crippen LogP contribution in [-0.4, -0.2) is 48.0 Å². The minimum Gasteiger partial charge on any atom is -0.493 e. The van der Waals surface area contributed by atoms with Gasteiger partial charge in [-0.2, -0.15) is 0 Å². The molecule has 0 saturated carbocycles. The molecular weight excluding hydrogens is 330 g/mol. The Bertz CT molecular complexity index is 764. The first-order valence-corrected chi connectivity index (χ1v) is 7.70. The maximum atomic E-state index is 12.9. The Morgan fingerprint density at radius 3 is 2.84 bits per heavy atom. The Kier molecular flexibility index (Phi) is 4.07. The van der Waals surface area contributed by atoms with E-state index in [2.05, 4.69) is 5.32 Å². The highest BCUT2D eigenvalue weighted by Crippen LogP contribution is 2.40. The SMILES string of the molecule is C[C@H](OC(=O)CN1C(=O)N[C@@]2(CCOc3ccccc32)C1=O)C(N)=O. The van der Waals surface area contributed by atoms with Gasteiger partial charge in [-0.15, -0.1) is 0 Å². The zero-order valence-corrected chi connectivity index (χ0v) is 13.5. The highest BCUT2D eigenvalue weighted by Gasteiger charge is 2.55. The highest BCUT2D eigenvalue weighted by atomic mass is 16.5. The fourth-order valence-corrected chi connectivity index (χ4v) is 2.94. The lowest BCUT2D eigenvalue weighted by molar-refractivity contribution is -0.155. The van der Waals surface area contributed by atoms with Crippen LogP contribution >= 0.6 is 0 Å². The molecule has 0 radical (unpaired) electrons. The van der Waals surface area contributed by atoms with E-state index in [1.807, 2.05) is 0 Å². The van der Waals surface area contributed by atoms with Crippen LogP contribution in [0.2, 0.25) is 0 Å². The quantitative estimate of drug-likeness (QED) is 0.565. The van der Waals surface area contributed by atoms with Crippen LogP contribution in [0.25, 0.3) is 0 Å². The van der Waals surface area contributed by atoms with E-state index in [-0.39, 0.29) is 13.0 Å². The van der Waals surface area contributed by atoms with Crippen LogP contribution in [-0.2, 0) is 24.7 Å². The van der Waals surface area contributed by atoms with Crippen LogP contribution in [0.15, 0.2) is 24.3 Å². The van der Waals surface area contributed by atoms with Crippen molar-refractivity contribution in [3.05, 3.63) is 29.8 Å². The summed E-state index contributed by atoms with van der Waals surface area (Å²) in [7, 11) is 0. The Labute approximate surface area is 143 Å². The summed E-state index contributed by atoms with van der Waals surface area (Å²) in [5.41, 5.74) is 4.30. The number of fused-ring (bicyclic) bond motifs is 2. The largest absolute Gasteiger partial charge is 0.493 e. The lowest BCUT2D eigenvalue weighted by Crippen LogP contribution is -2.48. The van der Waals surface area contributed by atoms with Crippen molar-refractivity contribution in [2.24, 2.45) is 5.73 Å². The first-order valence-electron chi connectivity index (χ1n) is 7.70. The van der Waals surface area contributed by atoms with Gasteiger partial charge in [-0.1, -0.05) is 18.2 Å². The minimum absolute atomic E-state index is 0.248. The lowest BCUT2D eigenvalue weighted by atomic mass is 9.84. The predicted molar refractivity (Wildman–Crippen MR) is 83.2 cm³/mol. The first kappa shape index (κ1) is 16.7. The average Bonchev–Trinajstić information content (AvgIpc) is 2.80. The highest BCUT2D eigenvalue weighted by molar-refractivity contribution is 6.09. The van der Waals surface area contributed by atoms with Gasteiger partial charge in [-0.3, -0.25) is 19.3 Å². The molecule has 1 fully saturated rings. The second kappa shape index (κ2) is 6.08. The molecule has 1 aromatic rings. The van der Waals surface area contributed by atoms with Crippen LogP contribution < -0.4 is 15.8 Å². The molecule has 0 unspecified atom stereocenters. The molecule has 0 aliphatic carbocycles. The Hall–Kier alpha value is -3.10. The molecule has 9 nitrogen and oxygen atoms in total. The number of carbonyl (C=O) groups is 4. The number of amides is 4. The van der Waals surface area contributed by atoms with Crippen molar-refractivity contribution in [1.29, 1.82) is 0 Å². The first-order chi connectivity index (χ1) is 11.8. The number of nitrogens with two attached hydrogens (primary N) is 1. The van der Waals surface area contributed by atoms with Gasteiger partial charge in [0.2, 0.25) is 0 Å². The molecule has 0 bridgehead atoms. The molecule has 1 aromatic carbocycles. The maximum absolute atomic E-state index is 12.9. The number of urea groups is 1. The van der Waals surface area contributed by atoms with Crippen LogP contribution in [0.5, 0.6) is 5.75 Å². The standard InChI is InChI=1S/C16H17N3O6/c1-9(13(17)21)25-12(20)8-19-14(22)16(18-15(19)23)6-7-24-11-5-3-2-4-10(11)16/h2-5,9H,6-8H2,1H3,(H2,17,21)(H,18,23)/t9-,16+/m0/s1.